The van der Waals surface area contributed by atoms with Gasteiger partial charge in [-0.15, -0.1) is 0 Å². The van der Waals surface area contributed by atoms with E-state index in [1.54, 1.807) is 0 Å². The van der Waals surface area contributed by atoms with Crippen LogP contribution in [0.1, 0.15) is 25.3 Å². The van der Waals surface area contributed by atoms with Gasteiger partial charge >= 0.3 is 96.2 Å². The van der Waals surface area contributed by atoms with Crippen molar-refractivity contribution >= 4 is 32.7 Å². The Hall–Kier alpha value is 0.309. The molecule has 1 aromatic rings. The van der Waals surface area contributed by atoms with E-state index < -0.39 is 0 Å². The van der Waals surface area contributed by atoms with Crippen molar-refractivity contribution in [3.05, 3.63) is 34.9 Å². The fraction of sp³-hybridized carbons (Fsp3) is 0.455. The Morgan fingerprint density at radius 3 is 2.77 bits per heavy atom. The van der Waals surface area contributed by atoms with Gasteiger partial charge in [-0.3, -0.25) is 0 Å². The standard InChI is InChI=1S/C7H6Cl.C4H9.Sn/c1-6-4-2-3-5-7(6)8;1-3-4-2;/h2-5H,1H2;1,3-4H2,2H3;. The van der Waals surface area contributed by atoms with Gasteiger partial charge < -0.3 is 0 Å². The second-order valence-corrected chi connectivity index (χ2v) is 7.39. The number of unbranched alkanes of at least 4 members (excludes halogenated alkanes) is 1. The van der Waals surface area contributed by atoms with Crippen molar-refractivity contribution in [1.29, 1.82) is 0 Å². The van der Waals surface area contributed by atoms with Crippen LogP contribution in [-0.4, -0.2) is 21.1 Å². The van der Waals surface area contributed by atoms with E-state index in [0.717, 1.165) is 5.02 Å². The molecule has 0 atom stereocenters. The van der Waals surface area contributed by atoms with Gasteiger partial charge in [0, 0.05) is 0 Å². The number of hydrogen-bond acceptors (Lipinski definition) is 0. The van der Waals surface area contributed by atoms with Gasteiger partial charge in [-0.2, -0.15) is 0 Å². The van der Waals surface area contributed by atoms with Crippen molar-refractivity contribution in [1.82, 2.24) is 0 Å². The average molecular weight is 301 g/mol. The molecule has 2 heteroatoms. The molecule has 0 heterocycles. The monoisotopic (exact) mass is 302 g/mol. The zero-order valence-electron chi connectivity index (χ0n) is 8.02. The molecular weight excluding hydrogens is 286 g/mol. The zero-order valence-corrected chi connectivity index (χ0v) is 11.6. The molecule has 13 heavy (non-hydrogen) atoms. The number of rotatable bonds is 5. The van der Waals surface area contributed by atoms with Gasteiger partial charge in [0.2, 0.25) is 0 Å². The number of halogens is 1. The summed E-state index contributed by atoms with van der Waals surface area (Å²) in [6, 6.07) is 8.24. The molecule has 0 saturated heterocycles. The molecule has 0 N–H and O–H groups in total. The summed E-state index contributed by atoms with van der Waals surface area (Å²) in [6.07, 6.45) is 2.75. The normalized spacial score (nSPS) is 10.3. The molecular formula is C11H15ClSn. The van der Waals surface area contributed by atoms with Gasteiger partial charge in [-0.05, 0) is 0 Å². The Balaban J connectivity index is 2.32. The van der Waals surface area contributed by atoms with Crippen LogP contribution in [0.3, 0.4) is 0 Å². The van der Waals surface area contributed by atoms with Crippen molar-refractivity contribution in [3.63, 3.8) is 0 Å². The Morgan fingerprint density at radius 2 is 2.08 bits per heavy atom. The maximum absolute atomic E-state index is 6.06. The van der Waals surface area contributed by atoms with Gasteiger partial charge in [0.05, 0.1) is 0 Å². The fourth-order valence-corrected chi connectivity index (χ4v) is 5.56. The first-order valence-corrected chi connectivity index (χ1v) is 9.20. The molecule has 1 aromatic carbocycles. The van der Waals surface area contributed by atoms with Gasteiger partial charge in [0.25, 0.3) is 0 Å². The van der Waals surface area contributed by atoms with Crippen LogP contribution in [0.4, 0.5) is 0 Å². The predicted octanol–water partition coefficient (Wildman–Crippen LogP) is 3.76. The number of hydrogen-bond donors (Lipinski definition) is 0. The summed E-state index contributed by atoms with van der Waals surface area (Å²) in [4.78, 5) is 0. The fourth-order valence-electron chi connectivity index (χ4n) is 1.17. The van der Waals surface area contributed by atoms with E-state index >= 15 is 0 Å². The molecule has 0 aliphatic heterocycles. The van der Waals surface area contributed by atoms with Crippen LogP contribution in [0.15, 0.2) is 24.3 Å². The van der Waals surface area contributed by atoms with E-state index in [1.165, 1.54) is 27.3 Å². The minimum absolute atomic E-state index is 0.165. The second kappa shape index (κ2) is 6.72. The molecule has 0 aliphatic carbocycles. The van der Waals surface area contributed by atoms with E-state index in [4.69, 9.17) is 11.6 Å². The Bertz CT molecular complexity index is 248. The Labute approximate surface area is 95.9 Å². The molecule has 0 aliphatic rings. The van der Waals surface area contributed by atoms with Gasteiger partial charge in [0.15, 0.2) is 0 Å². The summed E-state index contributed by atoms with van der Waals surface area (Å²) in [5.74, 6) is 0. The van der Waals surface area contributed by atoms with Gasteiger partial charge in [-0.25, -0.2) is 0 Å². The van der Waals surface area contributed by atoms with Crippen molar-refractivity contribution in [2.24, 2.45) is 0 Å². The van der Waals surface area contributed by atoms with Crippen LogP contribution in [0, 0.1) is 0 Å². The molecule has 0 aromatic heterocycles. The van der Waals surface area contributed by atoms with E-state index in [1.807, 2.05) is 12.1 Å². The Kier molecular flexibility index (Phi) is 5.88. The summed E-state index contributed by atoms with van der Waals surface area (Å²) in [7, 11) is 0. The molecule has 2 radical (unpaired) electrons. The van der Waals surface area contributed by atoms with E-state index in [0.29, 0.717) is 0 Å². The van der Waals surface area contributed by atoms with E-state index in [2.05, 4.69) is 19.1 Å². The molecule has 0 amide bonds. The van der Waals surface area contributed by atoms with E-state index in [9.17, 15) is 0 Å². The average Bonchev–Trinajstić information content (AvgIpc) is 2.15. The van der Waals surface area contributed by atoms with Crippen LogP contribution >= 0.6 is 11.6 Å². The summed E-state index contributed by atoms with van der Waals surface area (Å²) in [5, 5.41) is 0.958. The SMILES string of the molecule is CCC[CH2][Sn][CH2]c1ccccc1Cl. The molecule has 0 nitrogen and oxygen atoms in total. The molecule has 0 bridgehead atoms. The van der Waals surface area contributed by atoms with Crippen molar-refractivity contribution < 1.29 is 0 Å². The van der Waals surface area contributed by atoms with Crippen molar-refractivity contribution in [3.8, 4) is 0 Å². The third kappa shape index (κ3) is 4.37. The minimum atomic E-state index is -0.165. The molecule has 0 spiro atoms. The summed E-state index contributed by atoms with van der Waals surface area (Å²) in [5.41, 5.74) is 1.37. The maximum atomic E-state index is 6.06. The predicted molar refractivity (Wildman–Crippen MR) is 60.6 cm³/mol. The summed E-state index contributed by atoms with van der Waals surface area (Å²) < 4.78 is 2.79. The zero-order chi connectivity index (χ0) is 9.52. The third-order valence-electron chi connectivity index (χ3n) is 1.98. The van der Waals surface area contributed by atoms with Crippen LogP contribution in [-0.2, 0) is 4.44 Å². The first-order chi connectivity index (χ1) is 6.34. The summed E-state index contributed by atoms with van der Waals surface area (Å²) >= 11 is 5.90. The van der Waals surface area contributed by atoms with Crippen molar-refractivity contribution in [2.45, 2.75) is 28.6 Å². The Morgan fingerprint density at radius 1 is 1.31 bits per heavy atom. The molecule has 0 unspecified atom stereocenters. The molecule has 70 valence electrons. The quantitative estimate of drug-likeness (QED) is 0.574. The first kappa shape index (κ1) is 11.4. The second-order valence-electron chi connectivity index (χ2n) is 3.12. The van der Waals surface area contributed by atoms with Gasteiger partial charge in [-0.1, -0.05) is 0 Å². The molecule has 0 saturated carbocycles. The first-order valence-electron chi connectivity index (χ1n) is 4.78. The topological polar surface area (TPSA) is 0 Å². The number of benzene rings is 1. The van der Waals surface area contributed by atoms with Crippen molar-refractivity contribution in [2.75, 3.05) is 0 Å². The molecule has 0 fully saturated rings. The summed E-state index contributed by atoms with van der Waals surface area (Å²) in [6.45, 7) is 2.26. The molecule has 1 rings (SSSR count). The third-order valence-corrected chi connectivity index (χ3v) is 6.17. The van der Waals surface area contributed by atoms with Gasteiger partial charge in [0.1, 0.15) is 0 Å². The van der Waals surface area contributed by atoms with Crippen LogP contribution in [0.2, 0.25) is 9.46 Å². The van der Waals surface area contributed by atoms with E-state index in [-0.39, 0.29) is 21.1 Å². The van der Waals surface area contributed by atoms with Crippen LogP contribution < -0.4 is 0 Å². The van der Waals surface area contributed by atoms with Crippen LogP contribution in [0.5, 0.6) is 0 Å². The van der Waals surface area contributed by atoms with Crippen LogP contribution in [0.25, 0.3) is 0 Å².